The van der Waals surface area contributed by atoms with Gasteiger partial charge in [-0.15, -0.1) is 0 Å². The van der Waals surface area contributed by atoms with E-state index < -0.39 is 0 Å². The van der Waals surface area contributed by atoms with Crippen LogP contribution >= 0.6 is 0 Å². The topological polar surface area (TPSA) is 86.3 Å². The third-order valence-corrected chi connectivity index (χ3v) is 8.23. The molecule has 0 saturated carbocycles. The molecule has 0 amide bonds. The molecule has 2 aromatic heterocycles. The second kappa shape index (κ2) is 13.0. The van der Waals surface area contributed by atoms with Gasteiger partial charge in [-0.25, -0.2) is 4.79 Å². The van der Waals surface area contributed by atoms with E-state index in [-0.39, 0.29) is 5.97 Å². The van der Waals surface area contributed by atoms with E-state index in [4.69, 9.17) is 23.0 Å². The first kappa shape index (κ1) is 29.0. The van der Waals surface area contributed by atoms with Crippen molar-refractivity contribution in [3.05, 3.63) is 59.0 Å². The summed E-state index contributed by atoms with van der Waals surface area (Å²) >= 11 is 0. The lowest BCUT2D eigenvalue weighted by atomic mass is 9.99. The van der Waals surface area contributed by atoms with E-state index in [1.807, 2.05) is 26.0 Å². The number of anilines is 2. The minimum Gasteiger partial charge on any atom is -0.465 e. The van der Waals surface area contributed by atoms with Crippen molar-refractivity contribution in [2.45, 2.75) is 65.5 Å². The summed E-state index contributed by atoms with van der Waals surface area (Å²) < 4.78 is 27.1. The summed E-state index contributed by atoms with van der Waals surface area (Å²) in [5.74, 6) is 0.645. The number of fused-ring (bicyclic) bond motifs is 2. The van der Waals surface area contributed by atoms with E-state index >= 15 is 0 Å². The predicted molar refractivity (Wildman–Crippen MR) is 162 cm³/mol. The minimum atomic E-state index is -0.321. The molecule has 8 nitrogen and oxygen atoms in total. The van der Waals surface area contributed by atoms with Gasteiger partial charge in [0.1, 0.15) is 16.9 Å². The smallest absolute Gasteiger partial charge is 0.338 e. The van der Waals surface area contributed by atoms with Crippen LogP contribution in [0, 0.1) is 20.8 Å². The number of furan rings is 2. The maximum Gasteiger partial charge on any atom is 0.338 e. The van der Waals surface area contributed by atoms with Crippen molar-refractivity contribution in [1.29, 1.82) is 0 Å². The van der Waals surface area contributed by atoms with E-state index in [2.05, 4.69) is 42.3 Å². The Morgan fingerprint density at radius 1 is 0.976 bits per heavy atom. The predicted octanol–water partition coefficient (Wildman–Crippen LogP) is 7.17. The molecule has 0 unspecified atom stereocenters. The van der Waals surface area contributed by atoms with Gasteiger partial charge < -0.3 is 33.3 Å². The average Bonchev–Trinajstić information content (AvgIpc) is 3.60. The summed E-state index contributed by atoms with van der Waals surface area (Å²) in [4.78, 5) is 14.6. The van der Waals surface area contributed by atoms with Crippen LogP contribution in [-0.2, 0) is 14.2 Å². The summed E-state index contributed by atoms with van der Waals surface area (Å²) in [5.41, 5.74) is 6.73. The Labute approximate surface area is 241 Å². The molecule has 0 aliphatic carbocycles. The highest BCUT2D eigenvalue weighted by Crippen LogP contribution is 2.35. The Hall–Kier alpha value is -3.49. The largest absolute Gasteiger partial charge is 0.465 e. The molecule has 2 aliphatic rings. The monoisotopic (exact) mass is 562 g/mol. The molecule has 220 valence electrons. The van der Waals surface area contributed by atoms with E-state index in [9.17, 15) is 4.79 Å². The van der Waals surface area contributed by atoms with Gasteiger partial charge in [-0.1, -0.05) is 0 Å². The van der Waals surface area contributed by atoms with E-state index in [1.54, 1.807) is 6.26 Å². The molecule has 4 aromatic rings. The second-order valence-corrected chi connectivity index (χ2v) is 10.9. The number of carbonyl (C=O) groups is 1. The van der Waals surface area contributed by atoms with Crippen molar-refractivity contribution < 1.29 is 27.8 Å². The Morgan fingerprint density at radius 3 is 2.37 bits per heavy atom. The number of methoxy groups -OCH3 is 1. The number of hydrogen-bond donors (Lipinski definition) is 1. The number of benzene rings is 2. The van der Waals surface area contributed by atoms with Crippen molar-refractivity contribution in [2.75, 3.05) is 50.3 Å². The van der Waals surface area contributed by atoms with Gasteiger partial charge in [-0.3, -0.25) is 0 Å². The molecule has 41 heavy (non-hydrogen) atoms. The van der Waals surface area contributed by atoms with Crippen molar-refractivity contribution in [3.8, 4) is 0 Å². The van der Waals surface area contributed by atoms with Gasteiger partial charge in [0.15, 0.2) is 0 Å². The summed E-state index contributed by atoms with van der Waals surface area (Å²) in [5, 5.41) is 5.60. The molecule has 2 aliphatic heterocycles. The number of ether oxygens (including phenoxy) is 3. The molecular formula is C33H42N2O6. The second-order valence-electron chi connectivity index (χ2n) is 10.9. The fraction of sp³-hybridized carbons (Fsp3) is 0.485. The molecule has 2 aromatic carbocycles. The highest BCUT2D eigenvalue weighted by molar-refractivity contribution is 6.06. The Morgan fingerprint density at radius 2 is 1.68 bits per heavy atom. The molecule has 0 bridgehead atoms. The summed E-state index contributed by atoms with van der Waals surface area (Å²) in [6.45, 7) is 12.4. The number of aryl methyl sites for hydroxylation is 2. The molecule has 1 N–H and O–H groups in total. The standard InChI is InChI=1S/C18H23NO4.C15H19NO2/c1-4-19(13-5-8-22-9-6-13)15-11-16-14(7-10-23-16)17(12(15)2)18(20)21-3;1-10-7-12-8-11(2)18-15(12)9-14(10)16-13-3-5-17-6-4-13/h7,10-11,13H,4-6,8-9H2,1-3H3;7-9,13,16H,3-6H2,1-2H3. The highest BCUT2D eigenvalue weighted by atomic mass is 16.5. The molecular weight excluding hydrogens is 520 g/mol. The molecule has 2 saturated heterocycles. The third-order valence-electron chi connectivity index (χ3n) is 8.23. The normalized spacial score (nSPS) is 16.4. The van der Waals surface area contributed by atoms with Gasteiger partial charge in [-0.05, 0) is 82.7 Å². The van der Waals surface area contributed by atoms with Crippen LogP contribution < -0.4 is 10.2 Å². The number of rotatable bonds is 6. The molecule has 0 spiro atoms. The number of hydrogen-bond acceptors (Lipinski definition) is 8. The molecule has 0 radical (unpaired) electrons. The number of carbonyl (C=O) groups excluding carboxylic acids is 1. The van der Waals surface area contributed by atoms with Crippen LogP contribution in [0.2, 0.25) is 0 Å². The van der Waals surface area contributed by atoms with E-state index in [0.717, 1.165) is 92.2 Å². The zero-order valence-corrected chi connectivity index (χ0v) is 24.9. The van der Waals surface area contributed by atoms with Gasteiger partial charge in [0, 0.05) is 79.3 Å². The number of esters is 1. The highest BCUT2D eigenvalue weighted by Gasteiger charge is 2.26. The first-order chi connectivity index (χ1) is 19.9. The summed E-state index contributed by atoms with van der Waals surface area (Å²) in [6.07, 6.45) is 5.77. The quantitative estimate of drug-likeness (QED) is 0.248. The third kappa shape index (κ3) is 6.39. The van der Waals surface area contributed by atoms with Crippen molar-refractivity contribution in [2.24, 2.45) is 0 Å². The summed E-state index contributed by atoms with van der Waals surface area (Å²) in [7, 11) is 1.41. The lowest BCUT2D eigenvalue weighted by Gasteiger charge is -2.36. The van der Waals surface area contributed by atoms with Crippen LogP contribution in [0.15, 0.2) is 45.4 Å². The maximum absolute atomic E-state index is 12.3. The van der Waals surface area contributed by atoms with Crippen LogP contribution in [0.1, 0.15) is 59.9 Å². The van der Waals surface area contributed by atoms with Gasteiger partial charge in [-0.2, -0.15) is 0 Å². The zero-order valence-electron chi connectivity index (χ0n) is 24.9. The van der Waals surface area contributed by atoms with Crippen molar-refractivity contribution in [1.82, 2.24) is 0 Å². The van der Waals surface area contributed by atoms with Crippen molar-refractivity contribution >= 4 is 39.3 Å². The van der Waals surface area contributed by atoms with Gasteiger partial charge in [0.25, 0.3) is 0 Å². The number of nitrogens with zero attached hydrogens (tertiary/aromatic N) is 1. The van der Waals surface area contributed by atoms with Gasteiger partial charge >= 0.3 is 5.97 Å². The minimum absolute atomic E-state index is 0.321. The Balaban J connectivity index is 0.000000169. The molecule has 8 heteroatoms. The first-order valence-corrected chi connectivity index (χ1v) is 14.7. The van der Waals surface area contributed by atoms with Crippen LogP contribution in [0.3, 0.4) is 0 Å². The summed E-state index contributed by atoms with van der Waals surface area (Å²) in [6, 6.07) is 11.2. The maximum atomic E-state index is 12.3. The molecule has 0 atom stereocenters. The van der Waals surface area contributed by atoms with Gasteiger partial charge in [0.05, 0.1) is 18.9 Å². The molecule has 2 fully saturated rings. The zero-order chi connectivity index (χ0) is 28.9. The van der Waals surface area contributed by atoms with Gasteiger partial charge in [0.2, 0.25) is 0 Å². The average molecular weight is 563 g/mol. The molecule has 6 rings (SSSR count). The lowest BCUT2D eigenvalue weighted by molar-refractivity contribution is 0.0602. The lowest BCUT2D eigenvalue weighted by Crippen LogP contribution is -2.40. The van der Waals surface area contributed by atoms with Crippen molar-refractivity contribution in [3.63, 3.8) is 0 Å². The van der Waals surface area contributed by atoms with Crippen LogP contribution in [0.25, 0.3) is 21.9 Å². The fourth-order valence-corrected chi connectivity index (χ4v) is 6.04. The van der Waals surface area contributed by atoms with Crippen LogP contribution in [0.4, 0.5) is 11.4 Å². The van der Waals surface area contributed by atoms with Crippen LogP contribution in [-0.4, -0.2) is 58.1 Å². The van der Waals surface area contributed by atoms with Crippen LogP contribution in [0.5, 0.6) is 0 Å². The van der Waals surface area contributed by atoms with E-state index in [1.165, 1.54) is 23.7 Å². The Bertz CT molecular complexity index is 1480. The fourth-order valence-electron chi connectivity index (χ4n) is 6.04. The number of nitrogens with one attached hydrogen (secondary N) is 1. The Kier molecular flexibility index (Phi) is 9.20. The molecule has 4 heterocycles. The van der Waals surface area contributed by atoms with E-state index in [0.29, 0.717) is 17.6 Å². The SMILES string of the molecule is CCN(c1cc2occc2c(C(=O)OC)c1C)C1CCOCC1.Cc1cc2cc(C)c(NC3CCOCC3)cc2o1. The first-order valence-electron chi connectivity index (χ1n) is 14.7.